The Morgan fingerprint density at radius 2 is 1.37 bits per heavy atom. The van der Waals surface area contributed by atoms with Gasteiger partial charge in [-0.25, -0.2) is 9.59 Å². The lowest BCUT2D eigenvalue weighted by Gasteiger charge is -2.14. The fourth-order valence-corrected chi connectivity index (χ4v) is 5.65. The summed E-state index contributed by atoms with van der Waals surface area (Å²) < 4.78 is 9.17. The Kier molecular flexibility index (Phi) is 7.53. The first-order valence-corrected chi connectivity index (χ1v) is 13.5. The number of rotatable bonds is 7. The lowest BCUT2D eigenvalue weighted by molar-refractivity contribution is -0.645. The van der Waals surface area contributed by atoms with E-state index in [0.717, 1.165) is 11.0 Å². The molecule has 2 heterocycles. The molecule has 0 radical (unpaired) electrons. The monoisotopic (exact) mass is 639 g/mol. The van der Waals surface area contributed by atoms with E-state index in [0.29, 0.717) is 49.1 Å². The van der Waals surface area contributed by atoms with Crippen LogP contribution < -0.4 is 9.30 Å². The van der Waals surface area contributed by atoms with Crippen LogP contribution in [-0.4, -0.2) is 28.8 Å². The summed E-state index contributed by atoms with van der Waals surface area (Å²) in [6.45, 7) is 0.434. The first-order valence-electron chi connectivity index (χ1n) is 11.9. The van der Waals surface area contributed by atoms with Crippen LogP contribution in [0, 0.1) is 0 Å². The molecule has 10 heteroatoms. The van der Waals surface area contributed by atoms with Gasteiger partial charge in [-0.3, -0.25) is 9.59 Å². The van der Waals surface area contributed by atoms with Crippen LogP contribution in [0.2, 0.25) is 0 Å². The Balaban J connectivity index is 1.46. The fourth-order valence-electron chi connectivity index (χ4n) is 4.49. The first kappa shape index (κ1) is 26.0. The third-order valence-corrected chi connectivity index (χ3v) is 7.46. The molecule has 3 aromatic carbocycles. The van der Waals surface area contributed by atoms with Crippen LogP contribution in [0.25, 0.3) is 21.8 Å². The Morgan fingerprint density at radius 3 is 1.95 bits per heavy atom. The molecule has 0 atom stereocenters. The van der Waals surface area contributed by atoms with E-state index in [-0.39, 0.29) is 19.3 Å². The molecule has 0 N–H and O–H groups in total. The highest BCUT2D eigenvalue weighted by molar-refractivity contribution is 9.11. The molecule has 2 amide bonds. The molecule has 1 aliphatic heterocycles. The second-order valence-electron chi connectivity index (χ2n) is 8.65. The maximum Gasteiger partial charge on any atom is 0.345 e. The van der Waals surface area contributed by atoms with Gasteiger partial charge in [-0.15, -0.1) is 5.06 Å². The SMILES string of the molecule is O=C(CCC[n+]1c2ccccc2c(C(=O)Oc2c(Br)cccc2Br)c2ccccc21)ON1C(=O)CCC1=O. The minimum Gasteiger partial charge on any atom is -0.420 e. The number of aromatic nitrogens is 1. The molecule has 38 heavy (non-hydrogen) atoms. The number of amides is 2. The molecule has 192 valence electrons. The number of hydrogen-bond donors (Lipinski definition) is 0. The maximum atomic E-state index is 13.6. The number of carbonyl (C=O) groups is 4. The number of halogens is 2. The van der Waals surface area contributed by atoms with Gasteiger partial charge in [0.2, 0.25) is 11.0 Å². The molecule has 5 rings (SSSR count). The smallest absolute Gasteiger partial charge is 0.345 e. The van der Waals surface area contributed by atoms with Crippen molar-refractivity contribution in [3.63, 3.8) is 0 Å². The molecular formula is C28H21Br2N2O6+. The number of para-hydroxylation sites is 3. The maximum absolute atomic E-state index is 13.6. The van der Waals surface area contributed by atoms with Crippen molar-refractivity contribution in [2.45, 2.75) is 32.2 Å². The number of nitrogens with zero attached hydrogens (tertiary/aromatic N) is 2. The van der Waals surface area contributed by atoms with Gasteiger partial charge < -0.3 is 9.57 Å². The summed E-state index contributed by atoms with van der Waals surface area (Å²) in [4.78, 5) is 54.4. The van der Waals surface area contributed by atoms with Crippen molar-refractivity contribution < 1.29 is 33.3 Å². The van der Waals surface area contributed by atoms with E-state index in [1.807, 2.05) is 59.2 Å². The zero-order valence-corrected chi connectivity index (χ0v) is 23.2. The number of hydrogen-bond acceptors (Lipinski definition) is 6. The van der Waals surface area contributed by atoms with Gasteiger partial charge in [-0.05, 0) is 56.1 Å². The molecule has 1 fully saturated rings. The standard InChI is InChI=1S/C28H21Br2N2O6/c29-19-9-5-10-20(30)27(19)37-28(36)26-17-7-1-3-11-21(17)31(22-12-4-2-8-18(22)26)16-6-13-25(35)38-32-23(33)14-15-24(32)34/h1-5,7-12H,6,13-16H2/q+1. The van der Waals surface area contributed by atoms with Gasteiger partial charge >= 0.3 is 11.9 Å². The van der Waals surface area contributed by atoms with Gasteiger partial charge in [-0.2, -0.15) is 4.57 Å². The van der Waals surface area contributed by atoms with Crippen LogP contribution in [0.4, 0.5) is 0 Å². The number of hydroxylamine groups is 2. The van der Waals surface area contributed by atoms with Crippen molar-refractivity contribution in [3.8, 4) is 5.75 Å². The zero-order chi connectivity index (χ0) is 26.8. The molecule has 8 nitrogen and oxygen atoms in total. The third kappa shape index (κ3) is 5.06. The van der Waals surface area contributed by atoms with Crippen LogP contribution in [0.3, 0.4) is 0 Å². The van der Waals surface area contributed by atoms with Crippen molar-refractivity contribution in [2.24, 2.45) is 0 Å². The number of benzene rings is 3. The summed E-state index contributed by atoms with van der Waals surface area (Å²) in [5.74, 6) is -1.78. The number of esters is 1. The number of imide groups is 1. The van der Waals surface area contributed by atoms with E-state index >= 15 is 0 Å². The predicted molar refractivity (Wildman–Crippen MR) is 145 cm³/mol. The van der Waals surface area contributed by atoms with Crippen LogP contribution in [-0.2, 0) is 25.8 Å². The average Bonchev–Trinajstić information content (AvgIpc) is 3.22. The highest BCUT2D eigenvalue weighted by Gasteiger charge is 2.33. The molecule has 0 aliphatic carbocycles. The quantitative estimate of drug-likeness (QED) is 0.0882. The summed E-state index contributed by atoms with van der Waals surface area (Å²) in [6.07, 6.45) is 0.494. The minimum absolute atomic E-state index is 0.00652. The highest BCUT2D eigenvalue weighted by Crippen LogP contribution is 2.35. The van der Waals surface area contributed by atoms with Crippen LogP contribution in [0.15, 0.2) is 75.7 Å². The van der Waals surface area contributed by atoms with Crippen LogP contribution in [0.5, 0.6) is 5.75 Å². The molecule has 0 unspecified atom stereocenters. The second kappa shape index (κ2) is 11.0. The van der Waals surface area contributed by atoms with E-state index < -0.39 is 23.8 Å². The lowest BCUT2D eigenvalue weighted by Crippen LogP contribution is -2.37. The molecule has 1 aliphatic rings. The van der Waals surface area contributed by atoms with Gasteiger partial charge in [0.05, 0.1) is 31.7 Å². The first-order chi connectivity index (χ1) is 18.3. The van der Waals surface area contributed by atoms with Gasteiger partial charge in [0.25, 0.3) is 11.8 Å². The summed E-state index contributed by atoms with van der Waals surface area (Å²) >= 11 is 6.89. The van der Waals surface area contributed by atoms with E-state index in [2.05, 4.69) is 31.9 Å². The van der Waals surface area contributed by atoms with E-state index in [4.69, 9.17) is 9.57 Å². The number of fused-ring (bicyclic) bond motifs is 2. The summed E-state index contributed by atoms with van der Waals surface area (Å²) in [6, 6.07) is 20.4. The van der Waals surface area contributed by atoms with E-state index in [1.165, 1.54) is 0 Å². The Labute approximate surface area is 234 Å². The van der Waals surface area contributed by atoms with Crippen molar-refractivity contribution in [3.05, 3.63) is 81.2 Å². The van der Waals surface area contributed by atoms with Crippen molar-refractivity contribution >= 4 is 77.4 Å². The average molecular weight is 641 g/mol. The number of aryl methyl sites for hydroxylation is 1. The fraction of sp³-hybridized carbons (Fsp3) is 0.179. The Bertz CT molecular complexity index is 1530. The molecule has 0 bridgehead atoms. The number of pyridine rings is 1. The van der Waals surface area contributed by atoms with Gasteiger partial charge in [0, 0.05) is 31.4 Å². The molecular weight excluding hydrogens is 620 g/mol. The molecule has 1 saturated heterocycles. The normalized spacial score (nSPS) is 13.4. The van der Waals surface area contributed by atoms with E-state index in [9.17, 15) is 19.2 Å². The van der Waals surface area contributed by atoms with Gasteiger partial charge in [-0.1, -0.05) is 30.3 Å². The summed E-state index contributed by atoms with van der Waals surface area (Å²) in [5, 5.41) is 1.97. The number of carbonyl (C=O) groups excluding carboxylic acids is 4. The zero-order valence-electron chi connectivity index (χ0n) is 20.0. The van der Waals surface area contributed by atoms with Gasteiger partial charge in [0.15, 0.2) is 5.75 Å². The largest absolute Gasteiger partial charge is 0.420 e. The second-order valence-corrected chi connectivity index (χ2v) is 10.4. The molecule has 0 spiro atoms. The molecule has 1 aromatic heterocycles. The minimum atomic E-state index is -0.651. The molecule has 0 saturated carbocycles. The highest BCUT2D eigenvalue weighted by atomic mass is 79.9. The van der Waals surface area contributed by atoms with Crippen molar-refractivity contribution in [1.82, 2.24) is 5.06 Å². The summed E-state index contributed by atoms with van der Waals surface area (Å²) in [5.41, 5.74) is 2.02. The molecule has 4 aromatic rings. The van der Waals surface area contributed by atoms with Crippen LogP contribution in [0.1, 0.15) is 36.0 Å². The Hall–Kier alpha value is -3.63. The van der Waals surface area contributed by atoms with Crippen molar-refractivity contribution in [1.29, 1.82) is 0 Å². The predicted octanol–water partition coefficient (Wildman–Crippen LogP) is 5.41. The summed E-state index contributed by atoms with van der Waals surface area (Å²) in [7, 11) is 0. The van der Waals surface area contributed by atoms with Crippen molar-refractivity contribution in [2.75, 3.05) is 0 Å². The third-order valence-electron chi connectivity index (χ3n) is 6.21. The number of ether oxygens (including phenoxy) is 1. The lowest BCUT2D eigenvalue weighted by atomic mass is 10.0. The topological polar surface area (TPSA) is 93.9 Å². The van der Waals surface area contributed by atoms with Gasteiger partial charge in [0.1, 0.15) is 6.54 Å². The van der Waals surface area contributed by atoms with Crippen LogP contribution >= 0.6 is 31.9 Å². The Morgan fingerprint density at radius 1 is 0.816 bits per heavy atom. The van der Waals surface area contributed by atoms with E-state index in [1.54, 1.807) is 12.1 Å².